The SMILES string of the molecule is O=C(CCl)NCCNC(=O)c1ccc2c(c1)OCO2. The Morgan fingerprint density at radius 2 is 1.89 bits per heavy atom. The van der Waals surface area contributed by atoms with Gasteiger partial charge >= 0.3 is 0 Å². The van der Waals surface area contributed by atoms with Crippen molar-refractivity contribution in [2.24, 2.45) is 0 Å². The van der Waals surface area contributed by atoms with E-state index in [1.807, 2.05) is 0 Å². The summed E-state index contributed by atoms with van der Waals surface area (Å²) in [5.74, 6) is 0.599. The van der Waals surface area contributed by atoms with Crippen molar-refractivity contribution in [2.45, 2.75) is 0 Å². The molecule has 6 nitrogen and oxygen atoms in total. The molecule has 0 aromatic heterocycles. The van der Waals surface area contributed by atoms with E-state index in [4.69, 9.17) is 21.1 Å². The lowest BCUT2D eigenvalue weighted by molar-refractivity contribution is -0.118. The van der Waals surface area contributed by atoms with Gasteiger partial charge in [0, 0.05) is 18.7 Å². The van der Waals surface area contributed by atoms with E-state index in [-0.39, 0.29) is 24.5 Å². The lowest BCUT2D eigenvalue weighted by atomic mass is 10.2. The molecule has 0 fully saturated rings. The zero-order valence-corrected chi connectivity index (χ0v) is 10.8. The number of carbonyl (C=O) groups excluding carboxylic acids is 2. The fraction of sp³-hybridized carbons (Fsp3) is 0.333. The number of amides is 2. The summed E-state index contributed by atoms with van der Waals surface area (Å²) in [6.07, 6.45) is 0. The quantitative estimate of drug-likeness (QED) is 0.610. The second-order valence-electron chi connectivity index (χ2n) is 3.81. The van der Waals surface area contributed by atoms with Crippen molar-refractivity contribution in [1.82, 2.24) is 10.6 Å². The fourth-order valence-electron chi connectivity index (χ4n) is 1.57. The van der Waals surface area contributed by atoms with E-state index >= 15 is 0 Å². The molecule has 1 aliphatic rings. The minimum absolute atomic E-state index is 0.0872. The van der Waals surface area contributed by atoms with Gasteiger partial charge in [0.05, 0.1) is 0 Å². The molecule has 1 aromatic carbocycles. The summed E-state index contributed by atoms with van der Waals surface area (Å²) in [6, 6.07) is 4.96. The minimum atomic E-state index is -0.265. The molecule has 0 bridgehead atoms. The van der Waals surface area contributed by atoms with Gasteiger partial charge in [-0.05, 0) is 18.2 Å². The van der Waals surface area contributed by atoms with Gasteiger partial charge in [-0.1, -0.05) is 0 Å². The molecule has 0 saturated carbocycles. The first-order chi connectivity index (χ1) is 9.20. The standard InChI is InChI=1S/C12H13ClN2O4/c13-6-11(16)14-3-4-15-12(17)8-1-2-9-10(5-8)19-7-18-9/h1-2,5H,3-4,6-7H2,(H,14,16)(H,15,17). The zero-order valence-electron chi connectivity index (χ0n) is 10.1. The summed E-state index contributed by atoms with van der Waals surface area (Å²) < 4.78 is 10.3. The van der Waals surface area contributed by atoms with E-state index in [0.717, 1.165) is 0 Å². The lowest BCUT2D eigenvalue weighted by Gasteiger charge is -2.06. The highest BCUT2D eigenvalue weighted by molar-refractivity contribution is 6.27. The number of rotatable bonds is 5. The Labute approximate surface area is 115 Å². The summed E-state index contributed by atoms with van der Waals surface area (Å²) in [6.45, 7) is 0.836. The van der Waals surface area contributed by atoms with Crippen LogP contribution < -0.4 is 20.1 Å². The molecule has 7 heteroatoms. The van der Waals surface area contributed by atoms with Crippen LogP contribution in [-0.4, -0.2) is 37.6 Å². The second-order valence-corrected chi connectivity index (χ2v) is 4.07. The predicted molar refractivity (Wildman–Crippen MR) is 68.6 cm³/mol. The summed E-state index contributed by atoms with van der Waals surface area (Å²) in [5, 5.41) is 5.23. The van der Waals surface area contributed by atoms with Crippen molar-refractivity contribution in [3.05, 3.63) is 23.8 Å². The van der Waals surface area contributed by atoms with Crippen molar-refractivity contribution in [2.75, 3.05) is 25.8 Å². The number of benzene rings is 1. The number of ether oxygens (including phenoxy) is 2. The molecule has 0 spiro atoms. The topological polar surface area (TPSA) is 76.7 Å². The van der Waals surface area contributed by atoms with Gasteiger partial charge < -0.3 is 20.1 Å². The van der Waals surface area contributed by atoms with Gasteiger partial charge in [0.1, 0.15) is 5.88 Å². The Balaban J connectivity index is 1.82. The number of hydrogen-bond donors (Lipinski definition) is 2. The van der Waals surface area contributed by atoms with Crippen LogP contribution in [0.1, 0.15) is 10.4 Å². The summed E-state index contributed by atoms with van der Waals surface area (Å²) >= 11 is 5.32. The molecule has 1 aromatic rings. The molecular formula is C12H13ClN2O4. The zero-order chi connectivity index (χ0) is 13.7. The Bertz CT molecular complexity index is 493. The highest BCUT2D eigenvalue weighted by Crippen LogP contribution is 2.32. The predicted octanol–water partition coefficient (Wildman–Crippen LogP) is 0.500. The van der Waals surface area contributed by atoms with Crippen LogP contribution in [0.5, 0.6) is 11.5 Å². The van der Waals surface area contributed by atoms with Crippen LogP contribution in [0, 0.1) is 0 Å². The van der Waals surface area contributed by atoms with Crippen molar-refractivity contribution < 1.29 is 19.1 Å². The van der Waals surface area contributed by atoms with Gasteiger partial charge in [-0.2, -0.15) is 0 Å². The fourth-order valence-corrected chi connectivity index (χ4v) is 1.66. The lowest BCUT2D eigenvalue weighted by Crippen LogP contribution is -2.35. The third kappa shape index (κ3) is 3.51. The van der Waals surface area contributed by atoms with Crippen LogP contribution in [0.3, 0.4) is 0 Å². The van der Waals surface area contributed by atoms with Crippen LogP contribution in [-0.2, 0) is 4.79 Å². The maximum absolute atomic E-state index is 11.8. The third-order valence-electron chi connectivity index (χ3n) is 2.49. The summed E-state index contributed by atoms with van der Waals surface area (Å²) in [4.78, 5) is 22.7. The summed E-state index contributed by atoms with van der Waals surface area (Å²) in [5.41, 5.74) is 0.480. The van der Waals surface area contributed by atoms with Gasteiger partial charge in [0.25, 0.3) is 5.91 Å². The highest BCUT2D eigenvalue weighted by atomic mass is 35.5. The normalized spacial score (nSPS) is 12.1. The largest absolute Gasteiger partial charge is 0.454 e. The molecular weight excluding hydrogens is 272 g/mol. The van der Waals surface area contributed by atoms with E-state index in [2.05, 4.69) is 10.6 Å². The molecule has 0 radical (unpaired) electrons. The van der Waals surface area contributed by atoms with Crippen LogP contribution in [0.25, 0.3) is 0 Å². The van der Waals surface area contributed by atoms with Gasteiger partial charge in [-0.3, -0.25) is 9.59 Å². The van der Waals surface area contributed by atoms with Gasteiger partial charge in [0.15, 0.2) is 11.5 Å². The van der Waals surface area contributed by atoms with Crippen LogP contribution in [0.4, 0.5) is 0 Å². The number of alkyl halides is 1. The van der Waals surface area contributed by atoms with Crippen LogP contribution in [0.2, 0.25) is 0 Å². The summed E-state index contributed by atoms with van der Waals surface area (Å²) in [7, 11) is 0. The molecule has 0 unspecified atom stereocenters. The Hall–Kier alpha value is -1.95. The van der Waals surface area contributed by atoms with Crippen molar-refractivity contribution in [3.8, 4) is 11.5 Å². The maximum atomic E-state index is 11.8. The third-order valence-corrected chi connectivity index (χ3v) is 2.73. The van der Waals surface area contributed by atoms with E-state index in [0.29, 0.717) is 30.2 Å². The Morgan fingerprint density at radius 1 is 1.16 bits per heavy atom. The van der Waals surface area contributed by atoms with Crippen LogP contribution in [0.15, 0.2) is 18.2 Å². The second kappa shape index (κ2) is 6.29. The molecule has 0 aliphatic carbocycles. The van der Waals surface area contributed by atoms with E-state index in [9.17, 15) is 9.59 Å². The van der Waals surface area contributed by atoms with Crippen LogP contribution >= 0.6 is 11.6 Å². The van der Waals surface area contributed by atoms with Crippen molar-refractivity contribution in [1.29, 1.82) is 0 Å². The smallest absolute Gasteiger partial charge is 0.251 e. The highest BCUT2D eigenvalue weighted by Gasteiger charge is 2.15. The molecule has 1 aliphatic heterocycles. The molecule has 1 heterocycles. The molecule has 102 valence electrons. The first-order valence-corrected chi connectivity index (χ1v) is 6.24. The number of fused-ring (bicyclic) bond motifs is 1. The number of hydrogen-bond acceptors (Lipinski definition) is 4. The van der Waals surface area contributed by atoms with Crippen molar-refractivity contribution in [3.63, 3.8) is 0 Å². The Kier molecular flexibility index (Phi) is 4.46. The van der Waals surface area contributed by atoms with E-state index in [1.165, 1.54) is 0 Å². The van der Waals surface area contributed by atoms with E-state index in [1.54, 1.807) is 18.2 Å². The van der Waals surface area contributed by atoms with Crippen molar-refractivity contribution >= 4 is 23.4 Å². The van der Waals surface area contributed by atoms with Gasteiger partial charge in [0.2, 0.25) is 12.7 Å². The minimum Gasteiger partial charge on any atom is -0.454 e. The molecule has 0 atom stereocenters. The number of nitrogens with one attached hydrogen (secondary N) is 2. The van der Waals surface area contributed by atoms with Gasteiger partial charge in [-0.15, -0.1) is 11.6 Å². The monoisotopic (exact) mass is 284 g/mol. The molecule has 2 N–H and O–H groups in total. The molecule has 0 saturated heterocycles. The van der Waals surface area contributed by atoms with Gasteiger partial charge in [-0.25, -0.2) is 0 Å². The number of halogens is 1. The number of carbonyl (C=O) groups is 2. The van der Waals surface area contributed by atoms with E-state index < -0.39 is 0 Å². The first-order valence-electron chi connectivity index (χ1n) is 5.71. The first kappa shape index (κ1) is 13.5. The molecule has 19 heavy (non-hydrogen) atoms. The average molecular weight is 285 g/mol. The average Bonchev–Trinajstić information content (AvgIpc) is 2.90. The Morgan fingerprint density at radius 3 is 2.68 bits per heavy atom. The molecule has 2 amide bonds. The maximum Gasteiger partial charge on any atom is 0.251 e. The molecule has 2 rings (SSSR count).